The summed E-state index contributed by atoms with van der Waals surface area (Å²) < 4.78 is 5.29. The number of aromatic nitrogens is 1. The highest BCUT2D eigenvalue weighted by Crippen LogP contribution is 2.25. The predicted octanol–water partition coefficient (Wildman–Crippen LogP) is 5.33. The third kappa shape index (κ3) is 7.13. The van der Waals surface area contributed by atoms with E-state index in [1.165, 1.54) is 0 Å². The molecule has 3 aromatic rings. The lowest BCUT2D eigenvalue weighted by atomic mass is 10.0. The first-order valence-electron chi connectivity index (χ1n) is 11.3. The smallest absolute Gasteiger partial charge is 0.412 e. The van der Waals surface area contributed by atoms with Crippen molar-refractivity contribution in [3.05, 3.63) is 77.5 Å². The molecule has 0 aliphatic rings. The van der Waals surface area contributed by atoms with E-state index in [4.69, 9.17) is 4.74 Å². The molecule has 8 heteroatoms. The summed E-state index contributed by atoms with van der Waals surface area (Å²) in [7, 11) is 0. The maximum absolute atomic E-state index is 12.9. The van der Waals surface area contributed by atoms with Gasteiger partial charge in [-0.3, -0.25) is 15.1 Å². The number of ether oxygens (including phenoxy) is 1. The van der Waals surface area contributed by atoms with Crippen LogP contribution in [0.3, 0.4) is 0 Å². The number of carbonyl (C=O) groups is 2. The molecular weight excluding hydrogens is 442 g/mol. The van der Waals surface area contributed by atoms with Crippen LogP contribution in [0.2, 0.25) is 0 Å². The monoisotopic (exact) mass is 471 g/mol. The van der Waals surface area contributed by atoms with Crippen LogP contribution >= 0.6 is 0 Å². The number of nitrogens with zero attached hydrogens (tertiary/aromatic N) is 2. The van der Waals surface area contributed by atoms with Crippen LogP contribution in [0.25, 0.3) is 11.3 Å². The van der Waals surface area contributed by atoms with E-state index in [0.717, 1.165) is 17.7 Å². The zero-order chi connectivity index (χ0) is 25.4. The number of hydrogen-bond donors (Lipinski definition) is 3. The maximum Gasteiger partial charge on any atom is 0.412 e. The molecule has 0 unspecified atom stereocenters. The molecule has 0 saturated heterocycles. The summed E-state index contributed by atoms with van der Waals surface area (Å²) in [6.45, 7) is 8.81. The van der Waals surface area contributed by atoms with E-state index in [1.807, 2.05) is 13.0 Å². The van der Waals surface area contributed by atoms with Gasteiger partial charge in [0, 0.05) is 23.9 Å². The van der Waals surface area contributed by atoms with Crippen molar-refractivity contribution in [2.75, 3.05) is 17.2 Å². The second kappa shape index (κ2) is 11.3. The first-order chi connectivity index (χ1) is 16.7. The summed E-state index contributed by atoms with van der Waals surface area (Å²) in [5.74, 6) is -0.343. The average molecular weight is 472 g/mol. The van der Waals surface area contributed by atoms with Gasteiger partial charge in [-0.2, -0.15) is 5.26 Å². The highest BCUT2D eigenvalue weighted by Gasteiger charge is 2.18. The zero-order valence-electron chi connectivity index (χ0n) is 20.3. The molecule has 0 saturated carbocycles. The van der Waals surface area contributed by atoms with Crippen LogP contribution in [0.5, 0.6) is 0 Å². The van der Waals surface area contributed by atoms with E-state index in [9.17, 15) is 14.9 Å². The Balaban J connectivity index is 1.74. The number of nitrogens with one attached hydrogen (secondary N) is 3. The van der Waals surface area contributed by atoms with Gasteiger partial charge in [0.1, 0.15) is 11.7 Å². The molecule has 0 aliphatic heterocycles. The summed E-state index contributed by atoms with van der Waals surface area (Å²) in [6.07, 6.45) is 1.13. The van der Waals surface area contributed by atoms with E-state index in [-0.39, 0.29) is 5.91 Å². The standard InChI is InChI=1S/C27H29N5O3/c1-5-29-16-18-14-21(15-28)24(30-17-18)19-10-12-20(13-11-19)25(33)31-22-8-6-7-9-23(22)32-26(34)35-27(2,3)4/h6-14,17,29H,5,16H2,1-4H3,(H,31,33)(H,32,34). The van der Waals surface area contributed by atoms with Gasteiger partial charge < -0.3 is 15.4 Å². The Hall–Kier alpha value is -4.22. The van der Waals surface area contributed by atoms with Crippen molar-refractivity contribution in [1.82, 2.24) is 10.3 Å². The van der Waals surface area contributed by atoms with Gasteiger partial charge in [-0.1, -0.05) is 31.2 Å². The van der Waals surface area contributed by atoms with Crippen molar-refractivity contribution in [2.45, 2.75) is 39.8 Å². The fourth-order valence-electron chi connectivity index (χ4n) is 3.28. The minimum absolute atomic E-state index is 0.343. The van der Waals surface area contributed by atoms with Crippen LogP contribution in [0.1, 0.15) is 49.2 Å². The molecule has 180 valence electrons. The quantitative estimate of drug-likeness (QED) is 0.429. The van der Waals surface area contributed by atoms with E-state index in [0.29, 0.717) is 34.7 Å². The highest BCUT2D eigenvalue weighted by atomic mass is 16.6. The molecule has 3 rings (SSSR count). The van der Waals surface area contributed by atoms with Crippen LogP contribution in [0.4, 0.5) is 16.2 Å². The number of nitriles is 1. The van der Waals surface area contributed by atoms with Crippen molar-refractivity contribution in [2.24, 2.45) is 0 Å². The normalized spacial score (nSPS) is 10.8. The van der Waals surface area contributed by atoms with E-state index in [2.05, 4.69) is 27.0 Å². The molecule has 0 fully saturated rings. The predicted molar refractivity (Wildman–Crippen MR) is 136 cm³/mol. The summed E-state index contributed by atoms with van der Waals surface area (Å²) in [5, 5.41) is 18.3. The van der Waals surface area contributed by atoms with Crippen molar-refractivity contribution in [3.8, 4) is 17.3 Å². The number of hydrogen-bond acceptors (Lipinski definition) is 6. The number of carbonyl (C=O) groups excluding carboxylic acids is 2. The Morgan fingerprint density at radius 3 is 2.29 bits per heavy atom. The van der Waals surface area contributed by atoms with Gasteiger partial charge in [-0.25, -0.2) is 4.79 Å². The minimum Gasteiger partial charge on any atom is -0.444 e. The molecule has 1 heterocycles. The van der Waals surface area contributed by atoms with E-state index in [1.54, 1.807) is 75.5 Å². The van der Waals surface area contributed by atoms with Crippen molar-refractivity contribution >= 4 is 23.4 Å². The zero-order valence-corrected chi connectivity index (χ0v) is 20.3. The van der Waals surface area contributed by atoms with Crippen LogP contribution in [-0.2, 0) is 11.3 Å². The number of amides is 2. The molecule has 0 spiro atoms. The van der Waals surface area contributed by atoms with E-state index >= 15 is 0 Å². The first-order valence-corrected chi connectivity index (χ1v) is 11.3. The van der Waals surface area contributed by atoms with Crippen LogP contribution in [0.15, 0.2) is 60.8 Å². The second-order valence-corrected chi connectivity index (χ2v) is 8.84. The minimum atomic E-state index is -0.642. The van der Waals surface area contributed by atoms with Gasteiger partial charge in [0.15, 0.2) is 0 Å². The molecule has 2 aromatic carbocycles. The maximum atomic E-state index is 12.9. The Morgan fingerprint density at radius 1 is 1.03 bits per heavy atom. The summed E-state index contributed by atoms with van der Waals surface area (Å²) in [4.78, 5) is 29.5. The largest absolute Gasteiger partial charge is 0.444 e. The third-order valence-electron chi connectivity index (χ3n) is 4.88. The summed E-state index contributed by atoms with van der Waals surface area (Å²) in [5.41, 5.74) is 3.34. The molecular formula is C27H29N5O3. The fourth-order valence-corrected chi connectivity index (χ4v) is 3.28. The van der Waals surface area contributed by atoms with Gasteiger partial charge in [0.25, 0.3) is 5.91 Å². The van der Waals surface area contributed by atoms with Gasteiger partial charge >= 0.3 is 6.09 Å². The van der Waals surface area contributed by atoms with Crippen molar-refractivity contribution in [1.29, 1.82) is 5.26 Å². The van der Waals surface area contributed by atoms with E-state index < -0.39 is 11.7 Å². The molecule has 2 amide bonds. The summed E-state index contributed by atoms with van der Waals surface area (Å²) in [6, 6.07) is 17.8. The Kier molecular flexibility index (Phi) is 8.18. The Bertz CT molecular complexity index is 1240. The Morgan fingerprint density at radius 2 is 1.69 bits per heavy atom. The molecule has 35 heavy (non-hydrogen) atoms. The molecule has 0 aliphatic carbocycles. The lowest BCUT2D eigenvalue weighted by Gasteiger charge is -2.20. The lowest BCUT2D eigenvalue weighted by Crippen LogP contribution is -2.27. The van der Waals surface area contributed by atoms with Gasteiger partial charge in [0.05, 0.1) is 22.6 Å². The van der Waals surface area contributed by atoms with Gasteiger partial charge in [-0.15, -0.1) is 0 Å². The third-order valence-corrected chi connectivity index (χ3v) is 4.88. The van der Waals surface area contributed by atoms with Crippen LogP contribution in [0, 0.1) is 11.3 Å². The van der Waals surface area contributed by atoms with Crippen LogP contribution in [-0.4, -0.2) is 29.1 Å². The summed E-state index contributed by atoms with van der Waals surface area (Å²) >= 11 is 0. The molecule has 0 atom stereocenters. The van der Waals surface area contributed by atoms with Gasteiger partial charge in [0.2, 0.25) is 0 Å². The average Bonchev–Trinajstić information content (AvgIpc) is 2.82. The van der Waals surface area contributed by atoms with Crippen molar-refractivity contribution < 1.29 is 14.3 Å². The van der Waals surface area contributed by atoms with Gasteiger partial charge in [-0.05, 0) is 63.2 Å². The highest BCUT2D eigenvalue weighted by molar-refractivity contribution is 6.07. The van der Waals surface area contributed by atoms with Crippen LogP contribution < -0.4 is 16.0 Å². The Labute approximate surface area is 205 Å². The molecule has 0 radical (unpaired) electrons. The molecule has 0 bridgehead atoms. The number of para-hydroxylation sites is 2. The first kappa shape index (κ1) is 25.4. The second-order valence-electron chi connectivity index (χ2n) is 8.84. The number of pyridine rings is 1. The number of rotatable bonds is 7. The lowest BCUT2D eigenvalue weighted by molar-refractivity contribution is 0.0635. The molecule has 8 nitrogen and oxygen atoms in total. The topological polar surface area (TPSA) is 116 Å². The number of anilines is 2. The van der Waals surface area contributed by atoms with Crippen molar-refractivity contribution in [3.63, 3.8) is 0 Å². The molecule has 1 aromatic heterocycles. The fraction of sp³-hybridized carbons (Fsp3) is 0.259. The number of benzene rings is 2. The molecule has 3 N–H and O–H groups in total. The SMILES string of the molecule is CCNCc1cnc(-c2ccc(C(=O)Nc3ccccc3NC(=O)OC(C)(C)C)cc2)c(C#N)c1.